The third kappa shape index (κ3) is 4.69. The highest BCUT2D eigenvalue weighted by molar-refractivity contribution is 5.84. The van der Waals surface area contributed by atoms with Gasteiger partial charge in [0.2, 0.25) is 5.91 Å². The number of benzene rings is 1. The standard InChI is InChI=1S/C31H41N3O6/c1-7-34-30(36)33-19-22-16-25(39-5)18-27(40-6)26(22)12-20(2)13-28(33)31(34)8-10-32(11-9-31)29(35)21-14-23(37-3)17-24(15-21)38-4/h13-14,16-18,20-21H,7-12,15,19H2,1-6H3/b28-13-/t20-,21?/m1/s1. The molecule has 40 heavy (non-hydrogen) atoms. The van der Waals surface area contributed by atoms with Gasteiger partial charge in [-0.05, 0) is 55.4 Å². The molecule has 1 aliphatic carbocycles. The van der Waals surface area contributed by atoms with Crippen LogP contribution in [-0.2, 0) is 27.2 Å². The smallest absolute Gasteiger partial charge is 0.325 e. The van der Waals surface area contributed by atoms with E-state index < -0.39 is 5.54 Å². The molecule has 1 unspecified atom stereocenters. The van der Waals surface area contributed by atoms with Gasteiger partial charge in [-0.1, -0.05) is 13.0 Å². The topological polar surface area (TPSA) is 80.8 Å². The van der Waals surface area contributed by atoms with E-state index in [1.807, 2.05) is 45.9 Å². The van der Waals surface area contributed by atoms with E-state index in [1.54, 1.807) is 28.4 Å². The van der Waals surface area contributed by atoms with E-state index in [0.29, 0.717) is 51.2 Å². The number of carbonyl (C=O) groups is 2. The first-order valence-corrected chi connectivity index (χ1v) is 14.1. The number of urea groups is 1. The first kappa shape index (κ1) is 27.9. The highest BCUT2D eigenvalue weighted by atomic mass is 16.5. The van der Waals surface area contributed by atoms with E-state index in [2.05, 4.69) is 13.0 Å². The Hall–Kier alpha value is -3.62. The number of carbonyl (C=O) groups excluding carboxylic acids is 2. The Morgan fingerprint density at radius 2 is 1.75 bits per heavy atom. The Kier molecular flexibility index (Phi) is 7.75. The molecule has 2 atom stereocenters. The summed E-state index contributed by atoms with van der Waals surface area (Å²) in [6, 6.07) is 3.96. The second-order valence-electron chi connectivity index (χ2n) is 11.1. The first-order chi connectivity index (χ1) is 19.3. The lowest BCUT2D eigenvalue weighted by molar-refractivity contribution is -0.136. The number of piperidine rings is 1. The van der Waals surface area contributed by atoms with Crippen LogP contribution in [0.5, 0.6) is 11.5 Å². The Balaban J connectivity index is 1.42. The molecule has 3 heterocycles. The van der Waals surface area contributed by atoms with Crippen molar-refractivity contribution in [3.05, 3.63) is 58.7 Å². The van der Waals surface area contributed by atoms with Crippen LogP contribution in [0, 0.1) is 11.8 Å². The summed E-state index contributed by atoms with van der Waals surface area (Å²) in [7, 11) is 6.54. The van der Waals surface area contributed by atoms with Gasteiger partial charge in [0, 0.05) is 43.9 Å². The van der Waals surface area contributed by atoms with Gasteiger partial charge in [0.05, 0.1) is 46.4 Å². The number of ether oxygens (including phenoxy) is 4. The van der Waals surface area contributed by atoms with Crippen molar-refractivity contribution in [2.75, 3.05) is 48.1 Å². The monoisotopic (exact) mass is 551 g/mol. The van der Waals surface area contributed by atoms with Crippen LogP contribution in [0.15, 0.2) is 47.6 Å². The van der Waals surface area contributed by atoms with Crippen LogP contribution in [0.2, 0.25) is 0 Å². The summed E-state index contributed by atoms with van der Waals surface area (Å²) in [5.41, 5.74) is 2.79. The molecule has 4 aliphatic rings. The molecule has 3 amide bonds. The van der Waals surface area contributed by atoms with Crippen molar-refractivity contribution in [2.24, 2.45) is 11.8 Å². The summed E-state index contributed by atoms with van der Waals surface area (Å²) in [6.45, 7) is 6.46. The minimum atomic E-state index is -0.435. The number of allylic oxidation sites excluding steroid dienone is 3. The van der Waals surface area contributed by atoms with E-state index >= 15 is 0 Å². The molecule has 9 heteroatoms. The van der Waals surface area contributed by atoms with E-state index in [1.165, 1.54) is 0 Å². The lowest BCUT2D eigenvalue weighted by Gasteiger charge is -2.45. The van der Waals surface area contributed by atoms with Crippen LogP contribution in [0.1, 0.15) is 44.2 Å². The van der Waals surface area contributed by atoms with Gasteiger partial charge in [0.25, 0.3) is 0 Å². The third-order valence-corrected chi connectivity index (χ3v) is 8.90. The van der Waals surface area contributed by atoms with Gasteiger partial charge in [0.15, 0.2) is 0 Å². The SMILES string of the molecule is CCN1C(=O)N2Cc3cc(OC)cc(OC)c3C[C@@H](C)/C=C\2C12CCN(C(=O)C1C=C(OC)C=C(OC)C1)CC2. The average Bonchev–Trinajstić information content (AvgIpc) is 3.17. The van der Waals surface area contributed by atoms with Gasteiger partial charge in [-0.25, -0.2) is 4.79 Å². The molecule has 9 nitrogen and oxygen atoms in total. The van der Waals surface area contributed by atoms with Crippen molar-refractivity contribution in [1.29, 1.82) is 0 Å². The summed E-state index contributed by atoms with van der Waals surface area (Å²) in [4.78, 5) is 33.5. The Morgan fingerprint density at radius 3 is 2.38 bits per heavy atom. The fourth-order valence-electron chi connectivity index (χ4n) is 6.85. The second kappa shape index (κ2) is 11.1. The van der Waals surface area contributed by atoms with Gasteiger partial charge in [-0.15, -0.1) is 0 Å². The Labute approximate surface area is 237 Å². The molecule has 0 aromatic heterocycles. The third-order valence-electron chi connectivity index (χ3n) is 8.90. The van der Waals surface area contributed by atoms with E-state index in [-0.39, 0.29) is 23.8 Å². The highest BCUT2D eigenvalue weighted by Gasteiger charge is 2.55. The Morgan fingerprint density at radius 1 is 1.00 bits per heavy atom. The molecule has 216 valence electrons. The number of likely N-dealkylation sites (N-methyl/N-ethyl adjacent to an activating group) is 1. The van der Waals surface area contributed by atoms with E-state index in [4.69, 9.17) is 18.9 Å². The maximum Gasteiger partial charge on any atom is 0.325 e. The number of rotatable bonds is 6. The molecule has 5 rings (SSSR count). The van der Waals surface area contributed by atoms with Crippen LogP contribution < -0.4 is 9.47 Å². The molecule has 1 aromatic carbocycles. The van der Waals surface area contributed by atoms with Crippen molar-refractivity contribution in [2.45, 2.75) is 51.6 Å². The molecular weight excluding hydrogens is 510 g/mol. The number of methoxy groups -OCH3 is 4. The lowest BCUT2D eigenvalue weighted by Crippen LogP contribution is -2.55. The zero-order valence-corrected chi connectivity index (χ0v) is 24.5. The summed E-state index contributed by atoms with van der Waals surface area (Å²) in [5, 5.41) is 0. The lowest BCUT2D eigenvalue weighted by atomic mass is 9.80. The van der Waals surface area contributed by atoms with Crippen LogP contribution >= 0.6 is 0 Å². The van der Waals surface area contributed by atoms with Crippen LogP contribution in [0.4, 0.5) is 4.79 Å². The van der Waals surface area contributed by atoms with Gasteiger partial charge in [-0.3, -0.25) is 9.69 Å². The quantitative estimate of drug-likeness (QED) is 0.519. The molecule has 1 spiro atoms. The van der Waals surface area contributed by atoms with Gasteiger partial charge in [-0.2, -0.15) is 0 Å². The zero-order chi connectivity index (χ0) is 28.6. The summed E-state index contributed by atoms with van der Waals surface area (Å²) in [6.07, 6.45) is 8.72. The summed E-state index contributed by atoms with van der Waals surface area (Å²) in [5.74, 6) is 2.83. The zero-order valence-electron chi connectivity index (χ0n) is 24.5. The van der Waals surface area contributed by atoms with E-state index in [9.17, 15) is 9.59 Å². The Bertz CT molecular complexity index is 1260. The van der Waals surface area contributed by atoms with Crippen molar-refractivity contribution >= 4 is 11.9 Å². The predicted molar refractivity (Wildman–Crippen MR) is 151 cm³/mol. The van der Waals surface area contributed by atoms with Crippen molar-refractivity contribution in [1.82, 2.24) is 14.7 Å². The fraction of sp³-hybridized carbons (Fsp3) is 0.548. The largest absolute Gasteiger partial charge is 0.501 e. The van der Waals surface area contributed by atoms with E-state index in [0.717, 1.165) is 40.5 Å². The number of hydrogen-bond acceptors (Lipinski definition) is 6. The van der Waals surface area contributed by atoms with Gasteiger partial charge < -0.3 is 28.7 Å². The molecule has 0 radical (unpaired) electrons. The molecule has 2 saturated heterocycles. The normalized spacial score (nSPS) is 25.1. The molecule has 0 N–H and O–H groups in total. The molecular formula is C31H41N3O6. The highest BCUT2D eigenvalue weighted by Crippen LogP contribution is 2.47. The van der Waals surface area contributed by atoms with Crippen LogP contribution in [0.25, 0.3) is 0 Å². The number of nitrogens with zero attached hydrogens (tertiary/aromatic N) is 3. The maximum atomic E-state index is 14.0. The van der Waals surface area contributed by atoms with Gasteiger partial charge >= 0.3 is 6.03 Å². The van der Waals surface area contributed by atoms with Crippen LogP contribution in [0.3, 0.4) is 0 Å². The van der Waals surface area contributed by atoms with Gasteiger partial charge in [0.1, 0.15) is 23.0 Å². The number of hydrogen-bond donors (Lipinski definition) is 0. The van der Waals surface area contributed by atoms with Crippen molar-refractivity contribution < 1.29 is 28.5 Å². The van der Waals surface area contributed by atoms with Crippen LogP contribution in [-0.4, -0.2) is 80.3 Å². The molecule has 0 saturated carbocycles. The first-order valence-electron chi connectivity index (χ1n) is 14.1. The molecule has 1 aromatic rings. The number of likely N-dealkylation sites (tertiary alicyclic amines) is 1. The molecule has 0 bridgehead atoms. The maximum absolute atomic E-state index is 14.0. The fourth-order valence-corrected chi connectivity index (χ4v) is 6.85. The summed E-state index contributed by atoms with van der Waals surface area (Å²) >= 11 is 0. The number of amides is 3. The molecule has 3 aliphatic heterocycles. The summed E-state index contributed by atoms with van der Waals surface area (Å²) < 4.78 is 22.1. The minimum Gasteiger partial charge on any atom is -0.501 e. The van der Waals surface area contributed by atoms with Crippen molar-refractivity contribution in [3.63, 3.8) is 0 Å². The average molecular weight is 552 g/mol. The predicted octanol–water partition coefficient (Wildman–Crippen LogP) is 4.48. The second-order valence-corrected chi connectivity index (χ2v) is 11.1. The van der Waals surface area contributed by atoms with Crippen molar-refractivity contribution in [3.8, 4) is 11.5 Å². The minimum absolute atomic E-state index is 0.0187. The number of fused-ring (bicyclic) bond motifs is 3. The molecule has 2 fully saturated rings.